The minimum absolute atomic E-state index is 0.116. The van der Waals surface area contributed by atoms with Gasteiger partial charge in [0.15, 0.2) is 0 Å². The second-order valence-corrected chi connectivity index (χ2v) is 4.91. The number of hydrogen-bond donors (Lipinski definition) is 1. The van der Waals surface area contributed by atoms with Crippen LogP contribution >= 0.6 is 0 Å². The first-order chi connectivity index (χ1) is 9.65. The second-order valence-electron chi connectivity index (χ2n) is 4.91. The van der Waals surface area contributed by atoms with Crippen molar-refractivity contribution >= 4 is 11.7 Å². The summed E-state index contributed by atoms with van der Waals surface area (Å²) in [5.41, 5.74) is 1.70. The van der Waals surface area contributed by atoms with Gasteiger partial charge in [0.25, 0.3) is 5.91 Å². The summed E-state index contributed by atoms with van der Waals surface area (Å²) in [5, 5.41) is 3.20. The molecule has 1 rings (SSSR count). The van der Waals surface area contributed by atoms with E-state index in [9.17, 15) is 4.79 Å². The van der Waals surface area contributed by atoms with Crippen molar-refractivity contribution in [1.29, 1.82) is 0 Å². The largest absolute Gasteiger partial charge is 0.370 e. The Labute approximate surface area is 122 Å². The summed E-state index contributed by atoms with van der Waals surface area (Å²) in [5.74, 6) is 0.910. The van der Waals surface area contributed by atoms with Crippen LogP contribution in [0.15, 0.2) is 12.1 Å². The van der Waals surface area contributed by atoms with Crippen LogP contribution in [0.25, 0.3) is 0 Å². The highest BCUT2D eigenvalue weighted by Gasteiger charge is 2.16. The molecule has 0 radical (unpaired) electrons. The van der Waals surface area contributed by atoms with Gasteiger partial charge in [-0.1, -0.05) is 20.8 Å². The molecule has 1 aromatic rings. The lowest BCUT2D eigenvalue weighted by molar-refractivity contribution is 0.0755. The van der Waals surface area contributed by atoms with Gasteiger partial charge in [0.2, 0.25) is 0 Å². The van der Waals surface area contributed by atoms with Gasteiger partial charge in [-0.3, -0.25) is 4.79 Å². The molecule has 0 fully saturated rings. The van der Waals surface area contributed by atoms with Gasteiger partial charge in [0.1, 0.15) is 5.82 Å². The van der Waals surface area contributed by atoms with Crippen LogP contribution in [0.5, 0.6) is 0 Å². The third-order valence-electron chi connectivity index (χ3n) is 3.12. The van der Waals surface area contributed by atoms with Crippen molar-refractivity contribution in [2.75, 3.05) is 25.0 Å². The first kappa shape index (κ1) is 16.5. The summed E-state index contributed by atoms with van der Waals surface area (Å²) in [6.07, 6.45) is 2.80. The van der Waals surface area contributed by atoms with Gasteiger partial charge in [0, 0.05) is 30.9 Å². The number of nitrogens with one attached hydrogen (secondary N) is 1. The SMILES string of the molecule is CCCN(CCC)C(=O)c1cc(CC)nc(NCC)c1. The van der Waals surface area contributed by atoms with E-state index in [0.29, 0.717) is 0 Å². The molecule has 4 heteroatoms. The maximum atomic E-state index is 12.6. The van der Waals surface area contributed by atoms with Crippen LogP contribution in [-0.2, 0) is 6.42 Å². The Hall–Kier alpha value is -1.58. The van der Waals surface area contributed by atoms with Crippen molar-refractivity contribution in [3.63, 3.8) is 0 Å². The zero-order valence-corrected chi connectivity index (χ0v) is 13.2. The Morgan fingerprint density at radius 3 is 2.30 bits per heavy atom. The minimum Gasteiger partial charge on any atom is -0.370 e. The van der Waals surface area contributed by atoms with E-state index >= 15 is 0 Å². The van der Waals surface area contributed by atoms with Crippen LogP contribution in [0.4, 0.5) is 5.82 Å². The van der Waals surface area contributed by atoms with Crippen LogP contribution in [-0.4, -0.2) is 35.4 Å². The Kier molecular flexibility index (Phi) is 7.05. The molecule has 1 N–H and O–H groups in total. The monoisotopic (exact) mass is 277 g/mol. The molecule has 4 nitrogen and oxygen atoms in total. The zero-order chi connectivity index (χ0) is 15.0. The maximum Gasteiger partial charge on any atom is 0.254 e. The van der Waals surface area contributed by atoms with E-state index in [0.717, 1.165) is 56.0 Å². The standard InChI is InChI=1S/C16H27N3O/c1-5-9-19(10-6-2)16(20)13-11-14(7-3)18-15(12-13)17-8-4/h11-12H,5-10H2,1-4H3,(H,17,18). The van der Waals surface area contributed by atoms with Crippen LogP contribution in [0.3, 0.4) is 0 Å². The highest BCUT2D eigenvalue weighted by Crippen LogP contribution is 2.14. The molecule has 1 amide bonds. The van der Waals surface area contributed by atoms with Crippen molar-refractivity contribution in [3.8, 4) is 0 Å². The fourth-order valence-electron chi connectivity index (χ4n) is 2.20. The fourth-order valence-corrected chi connectivity index (χ4v) is 2.20. The van der Waals surface area contributed by atoms with Crippen molar-refractivity contribution < 1.29 is 4.79 Å². The third kappa shape index (κ3) is 4.51. The van der Waals surface area contributed by atoms with E-state index in [4.69, 9.17) is 0 Å². The van der Waals surface area contributed by atoms with Crippen LogP contribution in [0.2, 0.25) is 0 Å². The van der Waals surface area contributed by atoms with Gasteiger partial charge >= 0.3 is 0 Å². The molecule has 0 aliphatic heterocycles. The van der Waals surface area contributed by atoms with E-state index in [2.05, 4.69) is 31.1 Å². The van der Waals surface area contributed by atoms with Gasteiger partial charge in [-0.05, 0) is 38.3 Å². The first-order valence-corrected chi connectivity index (χ1v) is 7.70. The number of aryl methyl sites for hydroxylation is 1. The number of pyridine rings is 1. The molecule has 0 saturated carbocycles. The normalized spacial score (nSPS) is 10.4. The van der Waals surface area contributed by atoms with Gasteiger partial charge in [-0.25, -0.2) is 4.98 Å². The Morgan fingerprint density at radius 2 is 1.80 bits per heavy atom. The van der Waals surface area contributed by atoms with Crippen molar-refractivity contribution in [2.24, 2.45) is 0 Å². The number of rotatable bonds is 8. The lowest BCUT2D eigenvalue weighted by Crippen LogP contribution is -2.32. The summed E-state index contributed by atoms with van der Waals surface area (Å²) in [6, 6.07) is 3.78. The lowest BCUT2D eigenvalue weighted by atomic mass is 10.1. The molecule has 0 atom stereocenters. The summed E-state index contributed by atoms with van der Waals surface area (Å²) < 4.78 is 0. The molecule has 0 spiro atoms. The topological polar surface area (TPSA) is 45.2 Å². The molecule has 20 heavy (non-hydrogen) atoms. The summed E-state index contributed by atoms with van der Waals surface area (Å²) in [7, 11) is 0. The summed E-state index contributed by atoms with van der Waals surface area (Å²) in [4.78, 5) is 19.0. The predicted octanol–water partition coefficient (Wildman–Crippen LogP) is 3.34. The van der Waals surface area contributed by atoms with Gasteiger partial charge in [-0.2, -0.15) is 0 Å². The molecule has 0 saturated heterocycles. The van der Waals surface area contributed by atoms with Crippen molar-refractivity contribution in [1.82, 2.24) is 9.88 Å². The van der Waals surface area contributed by atoms with E-state index in [-0.39, 0.29) is 5.91 Å². The zero-order valence-electron chi connectivity index (χ0n) is 13.2. The minimum atomic E-state index is 0.116. The van der Waals surface area contributed by atoms with Crippen LogP contribution < -0.4 is 5.32 Å². The highest BCUT2D eigenvalue weighted by atomic mass is 16.2. The quantitative estimate of drug-likeness (QED) is 0.792. The Morgan fingerprint density at radius 1 is 1.15 bits per heavy atom. The number of nitrogens with zero attached hydrogens (tertiary/aromatic N) is 2. The van der Waals surface area contributed by atoms with Gasteiger partial charge < -0.3 is 10.2 Å². The molecular formula is C16H27N3O. The first-order valence-electron chi connectivity index (χ1n) is 7.70. The van der Waals surface area contributed by atoms with Gasteiger partial charge in [0.05, 0.1) is 0 Å². The molecule has 1 aromatic heterocycles. The van der Waals surface area contributed by atoms with E-state index in [1.165, 1.54) is 0 Å². The molecule has 0 bridgehead atoms. The predicted molar refractivity (Wildman–Crippen MR) is 84.3 cm³/mol. The smallest absolute Gasteiger partial charge is 0.254 e. The number of anilines is 1. The molecule has 0 aliphatic carbocycles. The second kappa shape index (κ2) is 8.56. The number of carbonyl (C=O) groups excluding carboxylic acids is 1. The average molecular weight is 277 g/mol. The lowest BCUT2D eigenvalue weighted by Gasteiger charge is -2.22. The molecular weight excluding hydrogens is 250 g/mol. The van der Waals surface area contributed by atoms with E-state index in [1.807, 2.05) is 24.0 Å². The van der Waals surface area contributed by atoms with Crippen LogP contribution in [0, 0.1) is 0 Å². The number of amides is 1. The third-order valence-corrected chi connectivity index (χ3v) is 3.12. The van der Waals surface area contributed by atoms with Gasteiger partial charge in [-0.15, -0.1) is 0 Å². The summed E-state index contributed by atoms with van der Waals surface area (Å²) >= 11 is 0. The Balaban J connectivity index is 3.02. The van der Waals surface area contributed by atoms with Crippen molar-refractivity contribution in [3.05, 3.63) is 23.4 Å². The highest BCUT2D eigenvalue weighted by molar-refractivity contribution is 5.95. The average Bonchev–Trinajstić information content (AvgIpc) is 2.46. The fraction of sp³-hybridized carbons (Fsp3) is 0.625. The van der Waals surface area contributed by atoms with E-state index < -0.39 is 0 Å². The number of hydrogen-bond acceptors (Lipinski definition) is 3. The molecule has 0 unspecified atom stereocenters. The molecule has 112 valence electrons. The molecule has 0 aromatic carbocycles. The molecule has 1 heterocycles. The number of aromatic nitrogens is 1. The molecule has 0 aliphatic rings. The maximum absolute atomic E-state index is 12.6. The number of carbonyl (C=O) groups is 1. The summed E-state index contributed by atoms with van der Waals surface area (Å²) in [6.45, 7) is 10.7. The van der Waals surface area contributed by atoms with Crippen molar-refractivity contribution in [2.45, 2.75) is 47.0 Å². The van der Waals surface area contributed by atoms with Crippen LogP contribution in [0.1, 0.15) is 56.6 Å². The Bertz CT molecular complexity index is 426. The van der Waals surface area contributed by atoms with E-state index in [1.54, 1.807) is 0 Å².